The lowest BCUT2D eigenvalue weighted by Gasteiger charge is -2.09. The average molecular weight is 212 g/mol. The van der Waals surface area contributed by atoms with E-state index in [2.05, 4.69) is 26.0 Å². The second-order valence-electron chi connectivity index (χ2n) is 4.02. The van der Waals surface area contributed by atoms with Crippen LogP contribution in [0.25, 0.3) is 11.1 Å². The van der Waals surface area contributed by atoms with Crippen LogP contribution in [0.2, 0.25) is 0 Å². The van der Waals surface area contributed by atoms with Gasteiger partial charge < -0.3 is 5.11 Å². The normalized spacial score (nSPS) is 10.4. The molecule has 16 heavy (non-hydrogen) atoms. The van der Waals surface area contributed by atoms with Crippen molar-refractivity contribution < 1.29 is 5.11 Å². The molecule has 0 bridgehead atoms. The highest BCUT2D eigenvalue weighted by Crippen LogP contribution is 2.31. The molecule has 0 saturated heterocycles. The third-order valence-corrected chi connectivity index (χ3v) is 2.91. The lowest BCUT2D eigenvalue weighted by atomic mass is 9.98. The van der Waals surface area contributed by atoms with Gasteiger partial charge in [-0.1, -0.05) is 43.3 Å². The van der Waals surface area contributed by atoms with Crippen LogP contribution in [0.1, 0.15) is 18.1 Å². The van der Waals surface area contributed by atoms with Gasteiger partial charge in [-0.05, 0) is 36.1 Å². The summed E-state index contributed by atoms with van der Waals surface area (Å²) in [5.41, 5.74) is 4.36. The highest BCUT2D eigenvalue weighted by atomic mass is 16.3. The first kappa shape index (κ1) is 10.7. The summed E-state index contributed by atoms with van der Waals surface area (Å²) in [5, 5.41) is 10.0. The number of aromatic hydroxyl groups is 1. The molecule has 2 rings (SSSR count). The molecule has 0 fully saturated rings. The van der Waals surface area contributed by atoms with Crippen molar-refractivity contribution in [3.05, 3.63) is 53.6 Å². The number of hydrogen-bond acceptors (Lipinski definition) is 1. The van der Waals surface area contributed by atoms with Crippen LogP contribution in [0.3, 0.4) is 0 Å². The van der Waals surface area contributed by atoms with E-state index >= 15 is 0 Å². The lowest BCUT2D eigenvalue weighted by molar-refractivity contribution is 0.476. The number of hydrogen-bond donors (Lipinski definition) is 1. The molecule has 0 unspecified atom stereocenters. The first-order valence-electron chi connectivity index (χ1n) is 5.60. The summed E-state index contributed by atoms with van der Waals surface area (Å²) < 4.78 is 0. The molecule has 0 heterocycles. The molecule has 0 spiro atoms. The largest absolute Gasteiger partial charge is 0.507 e. The Bertz CT molecular complexity index is 501. The molecule has 0 radical (unpaired) electrons. The Morgan fingerprint density at radius 3 is 2.38 bits per heavy atom. The highest BCUT2D eigenvalue weighted by Gasteiger charge is 2.06. The Kier molecular flexibility index (Phi) is 2.95. The molecular weight excluding hydrogens is 196 g/mol. The Labute approximate surface area is 96.4 Å². The van der Waals surface area contributed by atoms with E-state index in [-0.39, 0.29) is 0 Å². The van der Waals surface area contributed by atoms with Gasteiger partial charge >= 0.3 is 0 Å². The minimum atomic E-state index is 0.369. The van der Waals surface area contributed by atoms with Crippen molar-refractivity contribution in [3.63, 3.8) is 0 Å². The van der Waals surface area contributed by atoms with Crippen LogP contribution in [-0.4, -0.2) is 5.11 Å². The van der Waals surface area contributed by atoms with Gasteiger partial charge in [-0.2, -0.15) is 0 Å². The molecule has 1 heteroatoms. The number of phenols is 1. The summed E-state index contributed by atoms with van der Waals surface area (Å²) in [7, 11) is 0. The summed E-state index contributed by atoms with van der Waals surface area (Å²) in [5.74, 6) is 0.369. The zero-order valence-corrected chi connectivity index (χ0v) is 9.70. The van der Waals surface area contributed by atoms with Crippen LogP contribution in [0.4, 0.5) is 0 Å². The Morgan fingerprint density at radius 1 is 1.00 bits per heavy atom. The third-order valence-electron chi connectivity index (χ3n) is 2.91. The monoisotopic (exact) mass is 212 g/mol. The predicted octanol–water partition coefficient (Wildman–Crippen LogP) is 3.93. The van der Waals surface area contributed by atoms with Crippen LogP contribution < -0.4 is 0 Å². The Balaban J connectivity index is 2.53. The number of phenolic OH excluding ortho intramolecular Hbond substituents is 1. The first-order valence-corrected chi connectivity index (χ1v) is 5.60. The SMILES string of the molecule is CCc1ccc(-c2ccccc2C)c(O)c1. The van der Waals surface area contributed by atoms with Crippen molar-refractivity contribution in [2.24, 2.45) is 0 Å². The predicted molar refractivity (Wildman–Crippen MR) is 67.7 cm³/mol. The molecule has 0 aliphatic heterocycles. The van der Waals surface area contributed by atoms with Crippen molar-refractivity contribution in [1.82, 2.24) is 0 Å². The van der Waals surface area contributed by atoms with Crippen molar-refractivity contribution >= 4 is 0 Å². The molecule has 0 aliphatic carbocycles. The number of aryl methyl sites for hydroxylation is 2. The minimum absolute atomic E-state index is 0.369. The Morgan fingerprint density at radius 2 is 1.75 bits per heavy atom. The van der Waals surface area contributed by atoms with Gasteiger partial charge in [0, 0.05) is 5.56 Å². The smallest absolute Gasteiger partial charge is 0.123 e. The van der Waals surface area contributed by atoms with Crippen LogP contribution in [0.5, 0.6) is 5.75 Å². The molecule has 82 valence electrons. The summed E-state index contributed by atoms with van der Waals surface area (Å²) in [6, 6.07) is 14.0. The second-order valence-corrected chi connectivity index (χ2v) is 4.02. The van der Waals surface area contributed by atoms with Gasteiger partial charge in [-0.25, -0.2) is 0 Å². The van der Waals surface area contributed by atoms with Gasteiger partial charge in [0.25, 0.3) is 0 Å². The Hall–Kier alpha value is -1.76. The minimum Gasteiger partial charge on any atom is -0.507 e. The molecular formula is C15H16O. The fourth-order valence-electron chi connectivity index (χ4n) is 1.90. The van der Waals surface area contributed by atoms with E-state index in [1.54, 1.807) is 0 Å². The molecule has 0 atom stereocenters. The first-order chi connectivity index (χ1) is 7.72. The number of rotatable bonds is 2. The highest BCUT2D eigenvalue weighted by molar-refractivity contribution is 5.73. The van der Waals surface area contributed by atoms with Gasteiger partial charge in [-0.3, -0.25) is 0 Å². The fourth-order valence-corrected chi connectivity index (χ4v) is 1.90. The topological polar surface area (TPSA) is 20.2 Å². The van der Waals surface area contributed by atoms with Crippen LogP contribution in [0.15, 0.2) is 42.5 Å². The van der Waals surface area contributed by atoms with Crippen LogP contribution in [0, 0.1) is 6.92 Å². The van der Waals surface area contributed by atoms with Crippen LogP contribution >= 0.6 is 0 Å². The van der Waals surface area contributed by atoms with E-state index in [4.69, 9.17) is 0 Å². The van der Waals surface area contributed by atoms with Gasteiger partial charge in [-0.15, -0.1) is 0 Å². The van der Waals surface area contributed by atoms with Crippen molar-refractivity contribution in [2.45, 2.75) is 20.3 Å². The van der Waals surface area contributed by atoms with E-state index in [1.165, 1.54) is 5.56 Å². The summed E-state index contributed by atoms with van der Waals surface area (Å²) in [6.07, 6.45) is 0.946. The number of benzene rings is 2. The third kappa shape index (κ3) is 1.94. The maximum atomic E-state index is 10.0. The summed E-state index contributed by atoms with van der Waals surface area (Å²) in [4.78, 5) is 0. The van der Waals surface area contributed by atoms with Gasteiger partial charge in [0.15, 0.2) is 0 Å². The molecule has 2 aromatic carbocycles. The van der Waals surface area contributed by atoms with Gasteiger partial charge in [0.1, 0.15) is 5.75 Å². The van der Waals surface area contributed by atoms with Crippen molar-refractivity contribution in [3.8, 4) is 16.9 Å². The van der Waals surface area contributed by atoms with E-state index in [0.29, 0.717) is 5.75 Å². The van der Waals surface area contributed by atoms with E-state index < -0.39 is 0 Å². The van der Waals surface area contributed by atoms with E-state index in [9.17, 15) is 5.11 Å². The van der Waals surface area contributed by atoms with Crippen LogP contribution in [-0.2, 0) is 6.42 Å². The molecule has 1 N–H and O–H groups in total. The van der Waals surface area contributed by atoms with E-state index in [0.717, 1.165) is 23.1 Å². The summed E-state index contributed by atoms with van der Waals surface area (Å²) >= 11 is 0. The standard InChI is InChI=1S/C15H16O/c1-3-12-8-9-14(15(16)10-12)13-7-5-4-6-11(13)2/h4-10,16H,3H2,1-2H3. The lowest BCUT2D eigenvalue weighted by Crippen LogP contribution is -1.86. The zero-order chi connectivity index (χ0) is 11.5. The second kappa shape index (κ2) is 4.40. The van der Waals surface area contributed by atoms with Gasteiger partial charge in [0.05, 0.1) is 0 Å². The summed E-state index contributed by atoms with van der Waals surface area (Å²) in [6.45, 7) is 4.14. The van der Waals surface area contributed by atoms with E-state index in [1.807, 2.05) is 30.3 Å². The molecule has 1 nitrogen and oxygen atoms in total. The maximum absolute atomic E-state index is 10.0. The fraction of sp³-hybridized carbons (Fsp3) is 0.200. The molecule has 0 amide bonds. The zero-order valence-electron chi connectivity index (χ0n) is 9.70. The maximum Gasteiger partial charge on any atom is 0.123 e. The van der Waals surface area contributed by atoms with Crippen molar-refractivity contribution in [2.75, 3.05) is 0 Å². The molecule has 0 aliphatic rings. The quantitative estimate of drug-likeness (QED) is 0.799. The molecule has 0 saturated carbocycles. The molecule has 0 aromatic heterocycles. The molecule has 2 aromatic rings. The van der Waals surface area contributed by atoms with Gasteiger partial charge in [0.2, 0.25) is 0 Å². The van der Waals surface area contributed by atoms with Crippen molar-refractivity contribution in [1.29, 1.82) is 0 Å². The average Bonchev–Trinajstić information content (AvgIpc) is 2.30.